The molecule has 26 heteroatoms. The fourth-order valence-electron chi connectivity index (χ4n) is 10.7. The Balaban J connectivity index is 0.000000197. The Bertz CT molecular complexity index is 4710. The molecule has 0 radical (unpaired) electrons. The van der Waals surface area contributed by atoms with Crippen molar-refractivity contribution in [3.8, 4) is 23.0 Å². The second-order valence-electron chi connectivity index (χ2n) is 26.1. The van der Waals surface area contributed by atoms with E-state index in [-0.39, 0.29) is 88.3 Å². The van der Waals surface area contributed by atoms with Crippen molar-refractivity contribution in [2.45, 2.75) is 98.6 Å². The molecule has 0 bridgehead atoms. The number of hydrogen-bond donors (Lipinski definition) is 0. The first-order valence-corrected chi connectivity index (χ1v) is 41.0. The lowest BCUT2D eigenvalue weighted by Gasteiger charge is -2.09. The van der Waals surface area contributed by atoms with Gasteiger partial charge in [0.15, 0.2) is 85.6 Å². The van der Waals surface area contributed by atoms with E-state index in [1.807, 2.05) is 27.7 Å². The average molecular weight is 1560 g/mol. The highest BCUT2D eigenvalue weighted by molar-refractivity contribution is 7.93. The number of methoxy groups -OCH3 is 4. The highest BCUT2D eigenvalue weighted by Crippen LogP contribution is 2.35. The fraction of sp³-hybridized carbons (Fsp3) is 0.300. The van der Waals surface area contributed by atoms with Gasteiger partial charge in [-0.1, -0.05) is 124 Å². The van der Waals surface area contributed by atoms with Crippen molar-refractivity contribution in [2.75, 3.05) is 51.5 Å². The van der Waals surface area contributed by atoms with Crippen molar-refractivity contribution in [2.24, 2.45) is 23.7 Å². The topological polar surface area (TPSA) is 310 Å². The van der Waals surface area contributed by atoms with Crippen LogP contribution in [0.2, 0.25) is 10.0 Å². The summed E-state index contributed by atoms with van der Waals surface area (Å²) in [5.41, 5.74) is 2.59. The minimum Gasteiger partial charge on any atom is -0.496 e. The third-order valence-corrected chi connectivity index (χ3v) is 23.7. The predicted octanol–water partition coefficient (Wildman–Crippen LogP) is 15.1. The monoisotopic (exact) mass is 1560 g/mol. The standard InChI is InChI=1S/C20H19ClO5S.C20H21ClO5S.C20H20O5S.C20H22O5S/c1-26-20-9-6-15(21)11-17(20)19(23)12-27(24,25)16-7-4-14(5-8-16)18(22)10-13-2-3-13;1-13(2)10-18(22)14-4-7-16(8-5-14)27(24,25)12-19(23)17-11-15(21)6-9-20(17)26-3;1-25-20-5-3-2-4-17(20)19(22)13-26(23,24)16-10-8-15(9-11-16)18(21)12-14-6-7-14;1-14(2)12-18(21)15-8-10-16(11-9-15)26(23,24)13-19(22)17-6-4-5-7-20(17)25-3/h4-9,11,13H,2-3,10,12H2,1H3;4-9,11,13H,10,12H2,1-3H3;2-5,8-11,14H,6-7,12-13H2,1H3;4-11,14H,12-13H2,1-3H3. The zero-order valence-corrected chi connectivity index (χ0v) is 64.4. The van der Waals surface area contributed by atoms with E-state index in [0.717, 1.165) is 25.7 Å². The van der Waals surface area contributed by atoms with E-state index in [0.29, 0.717) is 81.3 Å². The summed E-state index contributed by atoms with van der Waals surface area (Å²) in [6.45, 7) is 7.76. The summed E-state index contributed by atoms with van der Waals surface area (Å²) in [6.07, 6.45) is 6.13. The smallest absolute Gasteiger partial charge is 0.185 e. The number of carbonyl (C=O) groups is 8. The van der Waals surface area contributed by atoms with Gasteiger partial charge in [-0.3, -0.25) is 38.4 Å². The van der Waals surface area contributed by atoms with E-state index in [9.17, 15) is 72.0 Å². The number of carbonyl (C=O) groups excluding carboxylic acids is 8. The van der Waals surface area contributed by atoms with Gasteiger partial charge >= 0.3 is 0 Å². The summed E-state index contributed by atoms with van der Waals surface area (Å²) < 4.78 is 121. The van der Waals surface area contributed by atoms with Gasteiger partial charge in [0.25, 0.3) is 0 Å². The normalized spacial score (nSPS) is 12.7. The first-order chi connectivity index (χ1) is 50.1. The van der Waals surface area contributed by atoms with Gasteiger partial charge in [0, 0.05) is 58.0 Å². The SMILES string of the molecule is COc1ccc(Cl)cc1C(=O)CS(=O)(=O)c1ccc(C(=O)CC(C)C)cc1.COc1ccc(Cl)cc1C(=O)CS(=O)(=O)c1ccc(C(=O)CC2CC2)cc1.COc1ccccc1C(=O)CS(=O)(=O)c1ccc(C(=O)CC(C)C)cc1.COc1ccccc1C(=O)CS(=O)(=O)c1ccc(C(=O)CC2CC2)cc1. The lowest BCUT2D eigenvalue weighted by atomic mass is 10.0. The minimum absolute atomic E-state index is 0.000170. The summed E-state index contributed by atoms with van der Waals surface area (Å²) in [7, 11) is -9.71. The van der Waals surface area contributed by atoms with E-state index < -0.39 is 85.5 Å². The molecule has 2 saturated carbocycles. The molecule has 2 aliphatic carbocycles. The van der Waals surface area contributed by atoms with Crippen molar-refractivity contribution in [3.63, 3.8) is 0 Å². The quantitative estimate of drug-likeness (QED) is 0.0354. The predicted molar refractivity (Wildman–Crippen MR) is 404 cm³/mol. The van der Waals surface area contributed by atoms with E-state index >= 15 is 0 Å². The van der Waals surface area contributed by atoms with Crippen LogP contribution in [0, 0.1) is 23.7 Å². The van der Waals surface area contributed by atoms with Gasteiger partial charge in [0.1, 0.15) is 46.0 Å². The molecule has 0 atom stereocenters. The van der Waals surface area contributed by atoms with Gasteiger partial charge in [0.2, 0.25) is 0 Å². The van der Waals surface area contributed by atoms with Crippen LogP contribution in [0.15, 0.2) is 202 Å². The van der Waals surface area contributed by atoms with Crippen molar-refractivity contribution in [1.82, 2.24) is 0 Å². The molecule has 20 nitrogen and oxygen atoms in total. The molecule has 2 aliphatic rings. The molecule has 106 heavy (non-hydrogen) atoms. The molecule has 8 aromatic rings. The first-order valence-electron chi connectivity index (χ1n) is 33.6. The number of sulfone groups is 4. The van der Waals surface area contributed by atoms with Crippen LogP contribution < -0.4 is 18.9 Å². The number of Topliss-reactive ketones (excluding diaryl/α,β-unsaturated/α-hetero) is 8. The molecule has 0 N–H and O–H groups in total. The molecule has 0 aromatic heterocycles. The summed E-state index contributed by atoms with van der Waals surface area (Å²) in [6, 6.07) is 44.9. The molecule has 8 aromatic carbocycles. The van der Waals surface area contributed by atoms with Crippen molar-refractivity contribution in [3.05, 3.63) is 237 Å². The largest absolute Gasteiger partial charge is 0.496 e. The lowest BCUT2D eigenvalue weighted by Crippen LogP contribution is -2.17. The molecule has 0 saturated heterocycles. The zero-order valence-electron chi connectivity index (χ0n) is 59.7. The maximum Gasteiger partial charge on any atom is 0.185 e. The van der Waals surface area contributed by atoms with Crippen LogP contribution in [0.4, 0.5) is 0 Å². The van der Waals surface area contributed by atoms with E-state index in [2.05, 4.69) is 0 Å². The van der Waals surface area contributed by atoms with E-state index in [1.54, 1.807) is 48.5 Å². The number of hydrogen-bond acceptors (Lipinski definition) is 20. The Labute approximate surface area is 628 Å². The van der Waals surface area contributed by atoms with Crippen LogP contribution in [0.1, 0.15) is 162 Å². The number of halogens is 2. The number of ketones is 8. The van der Waals surface area contributed by atoms with Gasteiger partial charge in [0.05, 0.1) is 70.3 Å². The Morgan fingerprint density at radius 1 is 0.321 bits per heavy atom. The molecule has 10 rings (SSSR count). The van der Waals surface area contributed by atoms with Crippen molar-refractivity contribution < 1.29 is 91.0 Å². The van der Waals surface area contributed by atoms with Crippen LogP contribution in [0.25, 0.3) is 0 Å². The lowest BCUT2D eigenvalue weighted by molar-refractivity contribution is 0.0959. The molecule has 2 fully saturated rings. The highest BCUT2D eigenvalue weighted by Gasteiger charge is 2.30. The van der Waals surface area contributed by atoms with Crippen LogP contribution in [0.3, 0.4) is 0 Å². The Hall–Kier alpha value is -9.30. The van der Waals surface area contributed by atoms with Crippen LogP contribution in [0.5, 0.6) is 23.0 Å². The van der Waals surface area contributed by atoms with Gasteiger partial charge in [-0.05, 0) is 159 Å². The Morgan fingerprint density at radius 3 is 0.802 bits per heavy atom. The first kappa shape index (κ1) is 84.0. The van der Waals surface area contributed by atoms with Gasteiger partial charge in [-0.15, -0.1) is 0 Å². The summed E-state index contributed by atoms with van der Waals surface area (Å²) in [5.74, 6) is -2.49. The minimum atomic E-state index is -3.87. The second-order valence-corrected chi connectivity index (χ2v) is 34.9. The molecule has 0 amide bonds. The van der Waals surface area contributed by atoms with Gasteiger partial charge < -0.3 is 18.9 Å². The molecule has 0 unspecified atom stereocenters. The molecule has 0 spiro atoms. The van der Waals surface area contributed by atoms with Crippen LogP contribution >= 0.6 is 23.2 Å². The van der Waals surface area contributed by atoms with E-state index in [4.69, 9.17) is 42.1 Å². The maximum atomic E-state index is 12.6. The van der Waals surface area contributed by atoms with Crippen LogP contribution in [-0.4, -0.2) is 131 Å². The molecular formula is C80H82Cl2O20S4. The van der Waals surface area contributed by atoms with Crippen molar-refractivity contribution >= 4 is 109 Å². The number of rotatable bonds is 32. The molecule has 560 valence electrons. The third-order valence-electron chi connectivity index (χ3n) is 16.7. The average Bonchev–Trinajstić information content (AvgIpc) is 0.919. The summed E-state index contributed by atoms with van der Waals surface area (Å²) in [4.78, 5) is 98.1. The Morgan fingerprint density at radius 2 is 0.557 bits per heavy atom. The number of ether oxygens (including phenoxy) is 4. The number of benzene rings is 8. The molecule has 0 heterocycles. The van der Waals surface area contributed by atoms with Crippen molar-refractivity contribution in [1.29, 1.82) is 0 Å². The van der Waals surface area contributed by atoms with E-state index in [1.165, 1.54) is 162 Å². The molecule has 0 aliphatic heterocycles. The van der Waals surface area contributed by atoms with Gasteiger partial charge in [-0.2, -0.15) is 0 Å². The Kier molecular flexibility index (Phi) is 29.9. The zero-order chi connectivity index (χ0) is 77.8. The molecular weight excluding hydrogens is 1480 g/mol. The second kappa shape index (κ2) is 37.8. The summed E-state index contributed by atoms with van der Waals surface area (Å²) in [5, 5.41) is 0.625. The van der Waals surface area contributed by atoms with Crippen LogP contribution in [-0.2, 0) is 39.3 Å². The number of para-hydroxylation sites is 2. The highest BCUT2D eigenvalue weighted by atomic mass is 35.5. The van der Waals surface area contributed by atoms with Gasteiger partial charge in [-0.25, -0.2) is 33.7 Å². The fourth-order valence-corrected chi connectivity index (χ4v) is 15.9. The maximum absolute atomic E-state index is 12.6. The third kappa shape index (κ3) is 24.4. The summed E-state index contributed by atoms with van der Waals surface area (Å²) >= 11 is 11.8.